The summed E-state index contributed by atoms with van der Waals surface area (Å²) >= 11 is 0. The van der Waals surface area contributed by atoms with Gasteiger partial charge in [-0.15, -0.1) is 0 Å². The Balaban J connectivity index is 2.17. The number of anilines is 1. The zero-order valence-corrected chi connectivity index (χ0v) is 12.5. The molecule has 1 aromatic carbocycles. The first-order chi connectivity index (χ1) is 10.2. The van der Waals surface area contributed by atoms with Crippen molar-refractivity contribution in [2.24, 2.45) is 5.92 Å². The van der Waals surface area contributed by atoms with Gasteiger partial charge >= 0.3 is 0 Å². The molecule has 0 spiro atoms. The van der Waals surface area contributed by atoms with Gasteiger partial charge in [-0.2, -0.15) is 0 Å². The summed E-state index contributed by atoms with van der Waals surface area (Å²) in [5.74, 6) is 0.762. The first kappa shape index (κ1) is 15.5. The Morgan fingerprint density at radius 2 is 2.19 bits per heavy atom. The van der Waals surface area contributed by atoms with Crippen molar-refractivity contribution in [1.29, 1.82) is 0 Å². The number of nitro benzene ring substituents is 1. The molecule has 5 heteroatoms. The third kappa shape index (κ3) is 3.80. The number of aldehydes is 1. The Morgan fingerprint density at radius 1 is 1.38 bits per heavy atom. The minimum atomic E-state index is -0.462. The molecule has 2 rings (SSSR count). The van der Waals surface area contributed by atoms with Crippen LogP contribution in [0.2, 0.25) is 0 Å². The Bertz CT molecular complexity index is 516. The molecule has 114 valence electrons. The lowest BCUT2D eigenvalue weighted by molar-refractivity contribution is -0.384. The van der Waals surface area contributed by atoms with Crippen LogP contribution in [0.1, 0.15) is 49.4 Å². The topological polar surface area (TPSA) is 63.4 Å². The monoisotopic (exact) mass is 290 g/mol. The van der Waals surface area contributed by atoms with Crippen molar-refractivity contribution < 1.29 is 9.72 Å². The number of carbonyl (C=O) groups excluding carboxylic acids is 1. The largest absolute Gasteiger partial charge is 0.371 e. The second-order valence-electron chi connectivity index (χ2n) is 5.69. The molecule has 1 fully saturated rings. The maximum absolute atomic E-state index is 11.2. The molecule has 1 aromatic rings. The zero-order valence-electron chi connectivity index (χ0n) is 12.5. The van der Waals surface area contributed by atoms with Crippen molar-refractivity contribution in [3.63, 3.8) is 0 Å². The van der Waals surface area contributed by atoms with E-state index in [1.54, 1.807) is 6.07 Å². The van der Waals surface area contributed by atoms with Crippen molar-refractivity contribution in [1.82, 2.24) is 0 Å². The van der Waals surface area contributed by atoms with Crippen LogP contribution in [0, 0.1) is 16.0 Å². The number of hydrogen-bond donors (Lipinski definition) is 0. The van der Waals surface area contributed by atoms with Gasteiger partial charge < -0.3 is 4.90 Å². The Hall–Kier alpha value is -1.91. The predicted molar refractivity (Wildman–Crippen MR) is 82.9 cm³/mol. The van der Waals surface area contributed by atoms with E-state index in [2.05, 4.69) is 11.8 Å². The fourth-order valence-corrected chi connectivity index (χ4v) is 3.14. The molecule has 1 heterocycles. The summed E-state index contributed by atoms with van der Waals surface area (Å²) < 4.78 is 0. The molecule has 0 N–H and O–H groups in total. The van der Waals surface area contributed by atoms with Crippen LogP contribution in [0.25, 0.3) is 0 Å². The van der Waals surface area contributed by atoms with Crippen LogP contribution in [0.4, 0.5) is 11.4 Å². The highest BCUT2D eigenvalue weighted by Gasteiger charge is 2.20. The lowest BCUT2D eigenvalue weighted by atomic mass is 9.96. The van der Waals surface area contributed by atoms with Crippen LogP contribution in [0.5, 0.6) is 0 Å². The van der Waals surface area contributed by atoms with Gasteiger partial charge in [-0.1, -0.05) is 19.8 Å². The molecule has 1 aliphatic rings. The van der Waals surface area contributed by atoms with Crippen LogP contribution in [-0.2, 0) is 0 Å². The van der Waals surface area contributed by atoms with Gasteiger partial charge in [0, 0.05) is 36.5 Å². The third-order valence-electron chi connectivity index (χ3n) is 4.23. The standard InChI is InChI=1S/C16H22N2O3/c1-2-4-13-5-3-9-17(10-8-13)16-7-6-15(18(20)21)11-14(16)12-19/h6-7,11-13H,2-5,8-10H2,1H3. The van der Waals surface area contributed by atoms with Gasteiger partial charge in [-0.3, -0.25) is 14.9 Å². The van der Waals surface area contributed by atoms with Gasteiger partial charge in [-0.05, 0) is 31.2 Å². The first-order valence-electron chi connectivity index (χ1n) is 7.64. The summed E-state index contributed by atoms with van der Waals surface area (Å²) in [5, 5.41) is 10.8. The van der Waals surface area contributed by atoms with E-state index in [1.807, 2.05) is 0 Å². The van der Waals surface area contributed by atoms with Crippen molar-refractivity contribution in [3.05, 3.63) is 33.9 Å². The molecule has 0 aliphatic carbocycles. The molecular weight excluding hydrogens is 268 g/mol. The van der Waals surface area contributed by atoms with Gasteiger partial charge in [0.2, 0.25) is 0 Å². The van der Waals surface area contributed by atoms with Gasteiger partial charge in [0.1, 0.15) is 0 Å². The lowest BCUT2D eigenvalue weighted by Crippen LogP contribution is -2.25. The number of benzene rings is 1. The van der Waals surface area contributed by atoms with Crippen molar-refractivity contribution >= 4 is 17.7 Å². The van der Waals surface area contributed by atoms with Crippen LogP contribution < -0.4 is 4.90 Å². The minimum absolute atomic E-state index is 0.0282. The molecular formula is C16H22N2O3. The van der Waals surface area contributed by atoms with Gasteiger partial charge in [0.15, 0.2) is 6.29 Å². The van der Waals surface area contributed by atoms with Crippen molar-refractivity contribution in [2.75, 3.05) is 18.0 Å². The normalized spacial score (nSPS) is 19.1. The summed E-state index contributed by atoms with van der Waals surface area (Å²) in [6.07, 6.45) is 6.66. The van der Waals surface area contributed by atoms with E-state index in [0.717, 1.165) is 43.8 Å². The molecule has 5 nitrogen and oxygen atoms in total. The fraction of sp³-hybridized carbons (Fsp3) is 0.562. The molecule has 1 unspecified atom stereocenters. The van der Waals surface area contributed by atoms with Crippen molar-refractivity contribution in [2.45, 2.75) is 39.0 Å². The smallest absolute Gasteiger partial charge is 0.270 e. The summed E-state index contributed by atoms with van der Waals surface area (Å²) in [4.78, 5) is 23.8. The molecule has 0 radical (unpaired) electrons. The lowest BCUT2D eigenvalue weighted by Gasteiger charge is -2.24. The van der Waals surface area contributed by atoms with Crippen LogP contribution in [0.3, 0.4) is 0 Å². The molecule has 0 amide bonds. The van der Waals surface area contributed by atoms with E-state index in [-0.39, 0.29) is 5.69 Å². The quantitative estimate of drug-likeness (QED) is 0.470. The fourth-order valence-electron chi connectivity index (χ4n) is 3.14. The minimum Gasteiger partial charge on any atom is -0.371 e. The summed E-state index contributed by atoms with van der Waals surface area (Å²) in [5.41, 5.74) is 1.21. The third-order valence-corrected chi connectivity index (χ3v) is 4.23. The zero-order chi connectivity index (χ0) is 15.2. The Morgan fingerprint density at radius 3 is 2.86 bits per heavy atom. The summed E-state index contributed by atoms with van der Waals surface area (Å²) in [6.45, 7) is 4.05. The molecule has 21 heavy (non-hydrogen) atoms. The second-order valence-corrected chi connectivity index (χ2v) is 5.69. The van der Waals surface area contributed by atoms with Gasteiger partial charge in [0.05, 0.1) is 4.92 Å². The van der Waals surface area contributed by atoms with E-state index in [9.17, 15) is 14.9 Å². The molecule has 0 aromatic heterocycles. The molecule has 0 bridgehead atoms. The number of carbonyl (C=O) groups is 1. The number of nitro groups is 1. The highest BCUT2D eigenvalue weighted by molar-refractivity contribution is 5.86. The molecule has 1 aliphatic heterocycles. The van der Waals surface area contributed by atoms with E-state index >= 15 is 0 Å². The number of hydrogen-bond acceptors (Lipinski definition) is 4. The maximum atomic E-state index is 11.2. The maximum Gasteiger partial charge on any atom is 0.270 e. The van der Waals surface area contributed by atoms with E-state index in [0.29, 0.717) is 5.56 Å². The average Bonchev–Trinajstić information content (AvgIpc) is 2.72. The predicted octanol–water partition coefficient (Wildman–Crippen LogP) is 3.81. The SMILES string of the molecule is CCCC1CCCN(c2ccc([N+](=O)[O-])cc2C=O)CC1. The number of non-ortho nitro benzene ring substituents is 1. The number of nitrogens with zero attached hydrogens (tertiary/aromatic N) is 2. The van der Waals surface area contributed by atoms with Gasteiger partial charge in [-0.25, -0.2) is 0 Å². The van der Waals surface area contributed by atoms with E-state index in [4.69, 9.17) is 0 Å². The Labute approximate surface area is 125 Å². The van der Waals surface area contributed by atoms with Gasteiger partial charge in [0.25, 0.3) is 5.69 Å². The van der Waals surface area contributed by atoms with E-state index in [1.165, 1.54) is 31.4 Å². The molecule has 1 atom stereocenters. The Kier molecular flexibility index (Phi) is 5.31. The summed E-state index contributed by atoms with van der Waals surface area (Å²) in [7, 11) is 0. The van der Waals surface area contributed by atoms with Crippen LogP contribution >= 0.6 is 0 Å². The first-order valence-corrected chi connectivity index (χ1v) is 7.64. The average molecular weight is 290 g/mol. The summed E-state index contributed by atoms with van der Waals surface area (Å²) in [6, 6.07) is 4.56. The molecule has 1 saturated heterocycles. The highest BCUT2D eigenvalue weighted by atomic mass is 16.6. The van der Waals surface area contributed by atoms with Crippen molar-refractivity contribution in [3.8, 4) is 0 Å². The molecule has 0 saturated carbocycles. The van der Waals surface area contributed by atoms with Crippen LogP contribution in [0.15, 0.2) is 18.2 Å². The van der Waals surface area contributed by atoms with E-state index < -0.39 is 4.92 Å². The highest BCUT2D eigenvalue weighted by Crippen LogP contribution is 2.29. The second kappa shape index (κ2) is 7.20. The number of rotatable bonds is 5. The van der Waals surface area contributed by atoms with Crippen LogP contribution in [-0.4, -0.2) is 24.3 Å².